The summed E-state index contributed by atoms with van der Waals surface area (Å²) < 4.78 is 1.95. The van der Waals surface area contributed by atoms with Crippen molar-refractivity contribution in [2.45, 2.75) is 47.0 Å². The van der Waals surface area contributed by atoms with Crippen molar-refractivity contribution in [2.24, 2.45) is 0 Å². The van der Waals surface area contributed by atoms with E-state index in [9.17, 15) is 4.79 Å². The summed E-state index contributed by atoms with van der Waals surface area (Å²) in [6.45, 7) is 12.3. The maximum atomic E-state index is 12.0. The van der Waals surface area contributed by atoms with Crippen molar-refractivity contribution in [2.75, 3.05) is 26.2 Å². The Labute approximate surface area is 157 Å². The summed E-state index contributed by atoms with van der Waals surface area (Å²) in [4.78, 5) is 14.4. The van der Waals surface area contributed by atoms with Crippen molar-refractivity contribution < 1.29 is 4.79 Å². The van der Waals surface area contributed by atoms with Crippen LogP contribution in [0.25, 0.3) is 5.69 Å². The van der Waals surface area contributed by atoms with Crippen molar-refractivity contribution >= 4 is 5.91 Å². The molecule has 1 amide bonds. The van der Waals surface area contributed by atoms with Gasteiger partial charge in [0.1, 0.15) is 0 Å². The minimum Gasteiger partial charge on any atom is -0.356 e. The van der Waals surface area contributed by atoms with Crippen molar-refractivity contribution in [3.8, 4) is 5.69 Å². The van der Waals surface area contributed by atoms with Crippen LogP contribution in [0.5, 0.6) is 0 Å². The molecule has 0 saturated heterocycles. The Morgan fingerprint density at radius 1 is 1.15 bits per heavy atom. The topological polar surface area (TPSA) is 50.2 Å². The standard InChI is InChI=1S/C21H32N4O/c1-5-24(6-2)15-7-14-22-21(26)13-10-19-8-11-20(12-9-19)25-18(4)16-17(3)23-25/h8-9,11-12,16H,5-7,10,13-15H2,1-4H3,(H,22,26). The summed E-state index contributed by atoms with van der Waals surface area (Å²) in [5.41, 5.74) is 4.37. The highest BCUT2D eigenvalue weighted by molar-refractivity contribution is 5.76. The summed E-state index contributed by atoms with van der Waals surface area (Å²) in [5.74, 6) is 0.132. The van der Waals surface area contributed by atoms with Crippen LogP contribution in [0.15, 0.2) is 30.3 Å². The van der Waals surface area contributed by atoms with E-state index in [0.29, 0.717) is 6.42 Å². The van der Waals surface area contributed by atoms with Crippen LogP contribution in [-0.2, 0) is 11.2 Å². The summed E-state index contributed by atoms with van der Waals surface area (Å²) in [6.07, 6.45) is 2.30. The molecule has 0 saturated carbocycles. The van der Waals surface area contributed by atoms with Crippen molar-refractivity contribution in [1.29, 1.82) is 0 Å². The van der Waals surface area contributed by atoms with Gasteiger partial charge >= 0.3 is 0 Å². The van der Waals surface area contributed by atoms with Gasteiger partial charge in [0.2, 0.25) is 5.91 Å². The molecule has 1 aromatic heterocycles. The zero-order valence-electron chi connectivity index (χ0n) is 16.6. The largest absolute Gasteiger partial charge is 0.356 e. The molecule has 0 aliphatic rings. The molecule has 0 aliphatic heterocycles. The number of aromatic nitrogens is 2. The van der Waals surface area contributed by atoms with Crippen LogP contribution in [0, 0.1) is 13.8 Å². The first kappa shape index (κ1) is 20.2. The predicted molar refractivity (Wildman–Crippen MR) is 107 cm³/mol. The molecule has 142 valence electrons. The second kappa shape index (κ2) is 10.1. The fourth-order valence-electron chi connectivity index (χ4n) is 3.11. The van der Waals surface area contributed by atoms with E-state index in [0.717, 1.165) is 56.1 Å². The van der Waals surface area contributed by atoms with Crippen LogP contribution < -0.4 is 5.32 Å². The Morgan fingerprint density at radius 2 is 1.85 bits per heavy atom. The third-order valence-corrected chi connectivity index (χ3v) is 4.70. The molecule has 2 aromatic rings. The molecule has 0 fully saturated rings. The molecule has 5 heteroatoms. The van der Waals surface area contributed by atoms with Gasteiger partial charge in [-0.1, -0.05) is 26.0 Å². The third-order valence-electron chi connectivity index (χ3n) is 4.70. The van der Waals surface area contributed by atoms with Gasteiger partial charge in [-0.25, -0.2) is 4.68 Å². The van der Waals surface area contributed by atoms with Gasteiger partial charge in [0, 0.05) is 18.7 Å². The molecule has 2 rings (SSSR count). The van der Waals surface area contributed by atoms with Gasteiger partial charge in [0.15, 0.2) is 0 Å². The highest BCUT2D eigenvalue weighted by atomic mass is 16.1. The second-order valence-electron chi connectivity index (χ2n) is 6.74. The summed E-state index contributed by atoms with van der Waals surface area (Å²) in [5, 5.41) is 7.52. The Kier molecular flexibility index (Phi) is 7.85. The summed E-state index contributed by atoms with van der Waals surface area (Å²) in [7, 11) is 0. The number of carbonyl (C=O) groups excluding carboxylic acids is 1. The van der Waals surface area contributed by atoms with Gasteiger partial charge in [-0.2, -0.15) is 5.10 Å². The monoisotopic (exact) mass is 356 g/mol. The normalized spacial score (nSPS) is 11.1. The fraction of sp³-hybridized carbons (Fsp3) is 0.524. The Balaban J connectivity index is 1.74. The van der Waals surface area contributed by atoms with Crippen LogP contribution in [0.1, 0.15) is 43.6 Å². The highest BCUT2D eigenvalue weighted by Crippen LogP contribution is 2.14. The van der Waals surface area contributed by atoms with Gasteiger partial charge in [-0.05, 0) is 70.1 Å². The van der Waals surface area contributed by atoms with E-state index in [1.54, 1.807) is 0 Å². The van der Waals surface area contributed by atoms with E-state index in [1.165, 1.54) is 5.56 Å². The van der Waals surface area contributed by atoms with Gasteiger partial charge in [0.05, 0.1) is 11.4 Å². The first-order valence-corrected chi connectivity index (χ1v) is 9.65. The van der Waals surface area contributed by atoms with E-state index >= 15 is 0 Å². The van der Waals surface area contributed by atoms with E-state index in [2.05, 4.69) is 66.4 Å². The van der Waals surface area contributed by atoms with Crippen LogP contribution in [-0.4, -0.2) is 46.8 Å². The molecule has 1 N–H and O–H groups in total. The van der Waals surface area contributed by atoms with E-state index in [-0.39, 0.29) is 5.91 Å². The average Bonchev–Trinajstić information content (AvgIpc) is 2.98. The molecule has 0 spiro atoms. The van der Waals surface area contributed by atoms with Crippen LogP contribution in [0.2, 0.25) is 0 Å². The number of rotatable bonds is 10. The molecule has 26 heavy (non-hydrogen) atoms. The van der Waals surface area contributed by atoms with Crippen molar-refractivity contribution in [3.63, 3.8) is 0 Å². The first-order chi connectivity index (χ1) is 12.5. The number of aryl methyl sites for hydroxylation is 3. The number of hydrogen-bond donors (Lipinski definition) is 1. The Hall–Kier alpha value is -2.14. The lowest BCUT2D eigenvalue weighted by molar-refractivity contribution is -0.121. The zero-order chi connectivity index (χ0) is 18.9. The lowest BCUT2D eigenvalue weighted by atomic mass is 10.1. The van der Waals surface area contributed by atoms with Gasteiger partial charge in [0.25, 0.3) is 0 Å². The Bertz CT molecular complexity index is 687. The van der Waals surface area contributed by atoms with Crippen molar-refractivity contribution in [1.82, 2.24) is 20.0 Å². The molecule has 0 bridgehead atoms. The lowest BCUT2D eigenvalue weighted by Gasteiger charge is -2.17. The molecule has 5 nitrogen and oxygen atoms in total. The van der Waals surface area contributed by atoms with E-state index in [4.69, 9.17) is 0 Å². The molecule has 1 heterocycles. The van der Waals surface area contributed by atoms with Crippen LogP contribution >= 0.6 is 0 Å². The molecular weight excluding hydrogens is 324 g/mol. The maximum absolute atomic E-state index is 12.0. The summed E-state index contributed by atoms with van der Waals surface area (Å²) in [6, 6.07) is 10.4. The maximum Gasteiger partial charge on any atom is 0.220 e. The highest BCUT2D eigenvalue weighted by Gasteiger charge is 2.06. The minimum atomic E-state index is 0.132. The van der Waals surface area contributed by atoms with Crippen LogP contribution in [0.4, 0.5) is 0 Å². The third kappa shape index (κ3) is 5.99. The quantitative estimate of drug-likeness (QED) is 0.665. The summed E-state index contributed by atoms with van der Waals surface area (Å²) >= 11 is 0. The van der Waals surface area contributed by atoms with Crippen LogP contribution in [0.3, 0.4) is 0 Å². The number of nitrogens with zero attached hydrogens (tertiary/aromatic N) is 3. The average molecular weight is 357 g/mol. The SMILES string of the molecule is CCN(CC)CCCNC(=O)CCc1ccc(-n2nc(C)cc2C)cc1. The first-order valence-electron chi connectivity index (χ1n) is 9.65. The number of amides is 1. The second-order valence-corrected chi connectivity index (χ2v) is 6.74. The fourth-order valence-corrected chi connectivity index (χ4v) is 3.11. The number of nitrogens with one attached hydrogen (secondary N) is 1. The van der Waals surface area contributed by atoms with E-state index in [1.807, 2.05) is 11.6 Å². The lowest BCUT2D eigenvalue weighted by Crippen LogP contribution is -2.30. The molecule has 0 unspecified atom stereocenters. The number of carbonyl (C=O) groups is 1. The van der Waals surface area contributed by atoms with Gasteiger partial charge in [-0.3, -0.25) is 4.79 Å². The Morgan fingerprint density at radius 3 is 2.42 bits per heavy atom. The smallest absolute Gasteiger partial charge is 0.220 e. The van der Waals surface area contributed by atoms with Gasteiger partial charge < -0.3 is 10.2 Å². The minimum absolute atomic E-state index is 0.132. The molecule has 0 radical (unpaired) electrons. The van der Waals surface area contributed by atoms with Crippen molar-refractivity contribution in [3.05, 3.63) is 47.3 Å². The molecule has 0 atom stereocenters. The predicted octanol–water partition coefficient (Wildman–Crippen LogP) is 3.27. The molecule has 1 aromatic carbocycles. The molecular formula is C21H32N4O. The van der Waals surface area contributed by atoms with E-state index < -0.39 is 0 Å². The molecule has 0 aliphatic carbocycles. The number of benzene rings is 1. The number of hydrogen-bond acceptors (Lipinski definition) is 3. The van der Waals surface area contributed by atoms with Gasteiger partial charge in [-0.15, -0.1) is 0 Å². The zero-order valence-corrected chi connectivity index (χ0v) is 16.6.